The summed E-state index contributed by atoms with van der Waals surface area (Å²) in [6, 6.07) is 15.2. The topological polar surface area (TPSA) is 149 Å². The predicted octanol–water partition coefficient (Wildman–Crippen LogP) is 2.86. The molecule has 156 valence electrons. The van der Waals surface area contributed by atoms with Crippen LogP contribution in [0.5, 0.6) is 0 Å². The molecule has 0 radical (unpaired) electrons. The number of halogens is 1. The molecule has 0 aliphatic rings. The Morgan fingerprint density at radius 3 is 2.39 bits per heavy atom. The Labute approximate surface area is 182 Å². The molecule has 0 saturated heterocycles. The third kappa shape index (κ3) is 5.99. The molecule has 3 aromatic rings. The van der Waals surface area contributed by atoms with Gasteiger partial charge in [0.25, 0.3) is 15.9 Å². The standard InChI is InChI=1S/C19H14ClN7O3S/c20-13-3-1-4-15(11-13)24-18(28)17(12-21)26-25-14-5-7-16(8-6-14)31(29,30)27-19-22-9-2-10-23-19/h1-11,25H,(H,24,28)(H,22,23,27). The summed E-state index contributed by atoms with van der Waals surface area (Å²) in [5.41, 5.74) is 2.88. The van der Waals surface area contributed by atoms with Gasteiger partial charge in [-0.3, -0.25) is 10.2 Å². The van der Waals surface area contributed by atoms with Crippen molar-refractivity contribution in [3.8, 4) is 6.07 Å². The summed E-state index contributed by atoms with van der Waals surface area (Å²) in [7, 11) is -3.88. The van der Waals surface area contributed by atoms with Crippen molar-refractivity contribution in [1.82, 2.24) is 9.97 Å². The van der Waals surface area contributed by atoms with Gasteiger partial charge in [0.15, 0.2) is 0 Å². The third-order valence-electron chi connectivity index (χ3n) is 3.66. The first-order valence-corrected chi connectivity index (χ1v) is 10.4. The number of nitriles is 1. The molecule has 0 aliphatic carbocycles. The summed E-state index contributed by atoms with van der Waals surface area (Å²) in [5.74, 6) is -0.790. The lowest BCUT2D eigenvalue weighted by molar-refractivity contribution is -0.110. The number of hydrazone groups is 1. The van der Waals surface area contributed by atoms with Gasteiger partial charge in [-0.05, 0) is 48.5 Å². The van der Waals surface area contributed by atoms with Gasteiger partial charge in [0.1, 0.15) is 6.07 Å². The van der Waals surface area contributed by atoms with Crippen molar-refractivity contribution in [2.24, 2.45) is 5.10 Å². The van der Waals surface area contributed by atoms with E-state index in [0.717, 1.165) is 0 Å². The minimum absolute atomic E-state index is 0.0336. The molecule has 0 unspecified atom stereocenters. The van der Waals surface area contributed by atoms with E-state index in [1.54, 1.807) is 30.3 Å². The molecule has 3 rings (SSSR count). The molecule has 0 spiro atoms. The van der Waals surface area contributed by atoms with Crippen LogP contribution in [-0.4, -0.2) is 30.0 Å². The number of nitrogens with zero attached hydrogens (tertiary/aromatic N) is 4. The van der Waals surface area contributed by atoms with Gasteiger partial charge in [-0.25, -0.2) is 23.1 Å². The number of hydrogen-bond acceptors (Lipinski definition) is 8. The third-order valence-corrected chi connectivity index (χ3v) is 5.24. The van der Waals surface area contributed by atoms with E-state index in [4.69, 9.17) is 11.6 Å². The smallest absolute Gasteiger partial charge is 0.287 e. The Morgan fingerprint density at radius 2 is 1.74 bits per heavy atom. The van der Waals surface area contributed by atoms with Crippen molar-refractivity contribution in [3.63, 3.8) is 0 Å². The average molecular weight is 456 g/mol. The Balaban J connectivity index is 1.67. The van der Waals surface area contributed by atoms with Gasteiger partial charge in [0.05, 0.1) is 10.6 Å². The largest absolute Gasteiger partial charge is 0.320 e. The van der Waals surface area contributed by atoms with Gasteiger partial charge in [-0.2, -0.15) is 10.4 Å². The van der Waals surface area contributed by atoms with Crippen LogP contribution in [0.15, 0.2) is 77.0 Å². The van der Waals surface area contributed by atoms with E-state index in [1.807, 2.05) is 0 Å². The Hall–Kier alpha value is -4.01. The number of hydrogen-bond donors (Lipinski definition) is 3. The lowest BCUT2D eigenvalue weighted by Crippen LogP contribution is -2.22. The zero-order chi connectivity index (χ0) is 22.3. The van der Waals surface area contributed by atoms with Crippen LogP contribution < -0.4 is 15.5 Å². The summed E-state index contributed by atoms with van der Waals surface area (Å²) in [6.07, 6.45) is 2.82. The maximum atomic E-state index is 12.4. The predicted molar refractivity (Wildman–Crippen MR) is 116 cm³/mol. The molecule has 1 aromatic heterocycles. The van der Waals surface area contributed by atoms with Crippen LogP contribution in [0.2, 0.25) is 5.02 Å². The van der Waals surface area contributed by atoms with Gasteiger partial charge in [-0.1, -0.05) is 17.7 Å². The fraction of sp³-hybridized carbons (Fsp3) is 0. The minimum Gasteiger partial charge on any atom is -0.320 e. The van der Waals surface area contributed by atoms with E-state index in [0.29, 0.717) is 16.4 Å². The molecule has 0 aliphatic heterocycles. The summed E-state index contributed by atoms with van der Waals surface area (Å²) in [5, 5.41) is 15.9. The van der Waals surface area contributed by atoms with E-state index in [9.17, 15) is 18.5 Å². The highest BCUT2D eigenvalue weighted by atomic mass is 35.5. The first-order valence-electron chi connectivity index (χ1n) is 8.58. The Bertz CT molecular complexity index is 1260. The fourth-order valence-corrected chi connectivity index (χ4v) is 3.39. The van der Waals surface area contributed by atoms with Crippen molar-refractivity contribution in [1.29, 1.82) is 5.26 Å². The van der Waals surface area contributed by atoms with Gasteiger partial charge in [-0.15, -0.1) is 0 Å². The van der Waals surface area contributed by atoms with Gasteiger partial charge in [0, 0.05) is 23.1 Å². The summed E-state index contributed by atoms with van der Waals surface area (Å²) in [4.78, 5) is 19.8. The summed E-state index contributed by atoms with van der Waals surface area (Å²) in [6.45, 7) is 0. The lowest BCUT2D eigenvalue weighted by atomic mass is 10.3. The first kappa shape index (κ1) is 21.7. The molecular weight excluding hydrogens is 442 g/mol. The fourth-order valence-electron chi connectivity index (χ4n) is 2.24. The van der Waals surface area contributed by atoms with Crippen LogP contribution in [0.1, 0.15) is 0 Å². The second-order valence-electron chi connectivity index (χ2n) is 5.85. The number of amides is 1. The Morgan fingerprint density at radius 1 is 1.03 bits per heavy atom. The van der Waals surface area contributed by atoms with Crippen LogP contribution in [0.3, 0.4) is 0 Å². The zero-order valence-electron chi connectivity index (χ0n) is 15.7. The van der Waals surface area contributed by atoms with E-state index in [-0.39, 0.29) is 10.8 Å². The van der Waals surface area contributed by atoms with Crippen LogP contribution in [0.25, 0.3) is 0 Å². The molecule has 10 nitrogen and oxygen atoms in total. The average Bonchev–Trinajstić information content (AvgIpc) is 2.75. The van der Waals surface area contributed by atoms with Crippen LogP contribution in [0, 0.1) is 11.3 Å². The number of carbonyl (C=O) groups excluding carboxylic acids is 1. The maximum Gasteiger partial charge on any atom is 0.287 e. The van der Waals surface area contributed by atoms with E-state index < -0.39 is 21.6 Å². The molecule has 0 bridgehead atoms. The van der Waals surface area contributed by atoms with E-state index >= 15 is 0 Å². The van der Waals surface area contributed by atoms with Gasteiger partial charge in [0.2, 0.25) is 11.7 Å². The SMILES string of the molecule is N#CC(=NNc1ccc(S(=O)(=O)Nc2ncccn2)cc1)C(=O)Nc1cccc(Cl)c1. The maximum absolute atomic E-state index is 12.4. The molecule has 1 amide bonds. The molecule has 0 saturated carbocycles. The minimum atomic E-state index is -3.88. The molecule has 31 heavy (non-hydrogen) atoms. The number of benzene rings is 2. The second-order valence-corrected chi connectivity index (χ2v) is 7.97. The van der Waals surface area contributed by atoms with Crippen molar-refractivity contribution < 1.29 is 13.2 Å². The number of carbonyl (C=O) groups is 1. The van der Waals surface area contributed by atoms with Crippen molar-refractivity contribution in [2.75, 3.05) is 15.5 Å². The highest BCUT2D eigenvalue weighted by molar-refractivity contribution is 7.92. The van der Waals surface area contributed by atoms with Crippen LogP contribution in [-0.2, 0) is 14.8 Å². The molecule has 3 N–H and O–H groups in total. The molecule has 0 fully saturated rings. The van der Waals surface area contributed by atoms with E-state index in [1.165, 1.54) is 42.7 Å². The molecule has 1 heterocycles. The van der Waals surface area contributed by atoms with Gasteiger partial charge < -0.3 is 5.32 Å². The number of nitrogens with one attached hydrogen (secondary N) is 3. The number of aromatic nitrogens is 2. The number of sulfonamides is 1. The summed E-state index contributed by atoms with van der Waals surface area (Å²) < 4.78 is 27.0. The van der Waals surface area contributed by atoms with Crippen LogP contribution in [0.4, 0.5) is 17.3 Å². The van der Waals surface area contributed by atoms with Crippen molar-refractivity contribution in [3.05, 3.63) is 72.0 Å². The Kier molecular flexibility index (Phi) is 6.76. The number of rotatable bonds is 7. The normalized spacial score (nSPS) is 11.3. The van der Waals surface area contributed by atoms with E-state index in [2.05, 4.69) is 30.5 Å². The number of anilines is 3. The highest BCUT2D eigenvalue weighted by Crippen LogP contribution is 2.17. The quantitative estimate of drug-likeness (QED) is 0.366. The summed E-state index contributed by atoms with van der Waals surface area (Å²) >= 11 is 5.86. The molecule has 2 aromatic carbocycles. The lowest BCUT2D eigenvalue weighted by Gasteiger charge is -2.07. The molecule has 12 heteroatoms. The van der Waals surface area contributed by atoms with Gasteiger partial charge >= 0.3 is 0 Å². The second kappa shape index (κ2) is 9.66. The van der Waals surface area contributed by atoms with Crippen LogP contribution >= 0.6 is 11.6 Å². The van der Waals surface area contributed by atoms with Crippen molar-refractivity contribution >= 4 is 50.6 Å². The molecule has 0 atom stereocenters. The van der Waals surface area contributed by atoms with Crippen molar-refractivity contribution in [2.45, 2.75) is 4.90 Å². The zero-order valence-corrected chi connectivity index (χ0v) is 17.2. The first-order chi connectivity index (χ1) is 14.9. The monoisotopic (exact) mass is 455 g/mol. The molecular formula is C19H14ClN7O3S. The highest BCUT2D eigenvalue weighted by Gasteiger charge is 2.15.